The van der Waals surface area contributed by atoms with E-state index in [0.717, 1.165) is 5.69 Å². The molecule has 0 atom stereocenters. The van der Waals surface area contributed by atoms with Gasteiger partial charge in [-0.05, 0) is 31.2 Å². The van der Waals surface area contributed by atoms with Gasteiger partial charge in [0.05, 0.1) is 12.1 Å². The minimum Gasteiger partial charge on any atom is -0.495 e. The number of carbonyl (C=O) groups excluding carboxylic acids is 1. The van der Waals surface area contributed by atoms with Crippen LogP contribution in [0.1, 0.15) is 16.3 Å². The number of ether oxygens (including phenoxy) is 1. The molecule has 0 aliphatic rings. The number of amides is 1. The average molecular weight is 318 g/mol. The zero-order valence-corrected chi connectivity index (χ0v) is 12.6. The summed E-state index contributed by atoms with van der Waals surface area (Å²) in [5, 5.41) is 7.23. The van der Waals surface area contributed by atoms with Crippen molar-refractivity contribution in [1.29, 1.82) is 0 Å². The normalized spacial score (nSPS) is 10.7. The lowest BCUT2D eigenvalue weighted by molar-refractivity contribution is 0.101. The Morgan fingerprint density at radius 3 is 2.86 bits per heavy atom. The van der Waals surface area contributed by atoms with Crippen LogP contribution >= 0.6 is 11.6 Å². The van der Waals surface area contributed by atoms with Crippen LogP contribution in [-0.2, 0) is 0 Å². The maximum atomic E-state index is 12.2. The molecule has 22 heavy (non-hydrogen) atoms. The van der Waals surface area contributed by atoms with Crippen LogP contribution in [0.5, 0.6) is 5.75 Å². The van der Waals surface area contributed by atoms with Crippen LogP contribution in [0.4, 0.5) is 5.69 Å². The number of aromatic nitrogens is 4. The van der Waals surface area contributed by atoms with E-state index in [1.54, 1.807) is 30.5 Å². The molecule has 8 heteroatoms. The third-order valence-corrected chi connectivity index (χ3v) is 3.34. The van der Waals surface area contributed by atoms with Crippen LogP contribution in [0.3, 0.4) is 0 Å². The first-order valence-electron chi connectivity index (χ1n) is 6.42. The SMILES string of the molecule is COc1ccc(NC(=O)c2nc3nccc(C)n3n2)cc1Cl. The molecule has 3 aromatic rings. The van der Waals surface area contributed by atoms with Crippen LogP contribution in [0.25, 0.3) is 5.78 Å². The third kappa shape index (κ3) is 2.58. The molecule has 0 saturated carbocycles. The van der Waals surface area contributed by atoms with Crippen LogP contribution in [0.2, 0.25) is 5.02 Å². The fourth-order valence-electron chi connectivity index (χ4n) is 1.93. The second kappa shape index (κ2) is 5.61. The number of halogens is 1. The Balaban J connectivity index is 1.87. The van der Waals surface area contributed by atoms with E-state index in [9.17, 15) is 4.79 Å². The summed E-state index contributed by atoms with van der Waals surface area (Å²) in [6, 6.07) is 6.73. The van der Waals surface area contributed by atoms with Crippen LogP contribution in [0, 0.1) is 6.92 Å². The number of benzene rings is 1. The second-order valence-corrected chi connectivity index (χ2v) is 4.94. The molecular formula is C14H12ClN5O2. The minimum absolute atomic E-state index is 0.0359. The summed E-state index contributed by atoms with van der Waals surface area (Å²) in [5.41, 5.74) is 1.36. The average Bonchev–Trinajstić information content (AvgIpc) is 2.93. The number of fused-ring (bicyclic) bond motifs is 1. The second-order valence-electron chi connectivity index (χ2n) is 4.54. The van der Waals surface area contributed by atoms with Crippen molar-refractivity contribution in [2.45, 2.75) is 6.92 Å². The Morgan fingerprint density at radius 1 is 1.36 bits per heavy atom. The van der Waals surface area contributed by atoms with E-state index >= 15 is 0 Å². The number of methoxy groups -OCH3 is 1. The van der Waals surface area contributed by atoms with Crippen molar-refractivity contribution < 1.29 is 9.53 Å². The Bertz CT molecular complexity index is 862. The number of hydrogen-bond donors (Lipinski definition) is 1. The highest BCUT2D eigenvalue weighted by atomic mass is 35.5. The fourth-order valence-corrected chi connectivity index (χ4v) is 2.19. The van der Waals surface area contributed by atoms with Gasteiger partial charge in [0.1, 0.15) is 5.75 Å². The monoisotopic (exact) mass is 317 g/mol. The molecule has 1 N–H and O–H groups in total. The predicted molar refractivity (Wildman–Crippen MR) is 81.5 cm³/mol. The Morgan fingerprint density at radius 2 is 2.18 bits per heavy atom. The first-order valence-corrected chi connectivity index (χ1v) is 6.79. The first-order chi connectivity index (χ1) is 10.6. The topological polar surface area (TPSA) is 81.4 Å². The highest BCUT2D eigenvalue weighted by Crippen LogP contribution is 2.27. The number of nitrogens with zero attached hydrogens (tertiary/aromatic N) is 4. The van der Waals surface area contributed by atoms with Crippen LogP contribution in [-0.4, -0.2) is 32.6 Å². The number of aryl methyl sites for hydroxylation is 1. The quantitative estimate of drug-likeness (QED) is 0.802. The number of nitrogens with one attached hydrogen (secondary N) is 1. The van der Waals surface area contributed by atoms with Crippen molar-refractivity contribution in [2.75, 3.05) is 12.4 Å². The van der Waals surface area contributed by atoms with Crippen molar-refractivity contribution in [1.82, 2.24) is 19.6 Å². The Labute approximate surface area is 130 Å². The van der Waals surface area contributed by atoms with E-state index in [2.05, 4.69) is 20.4 Å². The summed E-state index contributed by atoms with van der Waals surface area (Å²) in [5.74, 6) is 0.503. The standard InChI is InChI=1S/C14H12ClN5O2/c1-8-5-6-16-14-18-12(19-20(8)14)13(21)17-9-3-4-11(22-2)10(15)7-9/h3-7H,1-2H3,(H,17,21). The Kier molecular flexibility index (Phi) is 3.64. The van der Waals surface area contributed by atoms with Gasteiger partial charge < -0.3 is 10.1 Å². The van der Waals surface area contributed by atoms with Crippen molar-refractivity contribution in [2.24, 2.45) is 0 Å². The van der Waals surface area contributed by atoms with Gasteiger partial charge in [-0.25, -0.2) is 9.50 Å². The largest absolute Gasteiger partial charge is 0.495 e. The van der Waals surface area contributed by atoms with Crippen molar-refractivity contribution in [3.05, 3.63) is 47.0 Å². The van der Waals surface area contributed by atoms with Gasteiger partial charge >= 0.3 is 0 Å². The van der Waals surface area contributed by atoms with Crippen LogP contribution in [0.15, 0.2) is 30.5 Å². The molecule has 0 radical (unpaired) electrons. The van der Waals surface area contributed by atoms with Gasteiger partial charge in [-0.2, -0.15) is 4.98 Å². The van der Waals surface area contributed by atoms with E-state index in [4.69, 9.17) is 16.3 Å². The molecule has 7 nitrogen and oxygen atoms in total. The lowest BCUT2D eigenvalue weighted by Gasteiger charge is -2.06. The highest BCUT2D eigenvalue weighted by Gasteiger charge is 2.15. The molecule has 112 valence electrons. The summed E-state index contributed by atoms with van der Waals surface area (Å²) in [7, 11) is 1.52. The third-order valence-electron chi connectivity index (χ3n) is 3.04. The van der Waals surface area contributed by atoms with Crippen molar-refractivity contribution in [3.8, 4) is 5.75 Å². The van der Waals surface area contributed by atoms with E-state index < -0.39 is 5.91 Å². The Hall–Kier alpha value is -2.67. The summed E-state index contributed by atoms with van der Waals surface area (Å²) >= 11 is 6.02. The maximum Gasteiger partial charge on any atom is 0.295 e. The highest BCUT2D eigenvalue weighted by molar-refractivity contribution is 6.32. The number of carbonyl (C=O) groups is 1. The molecule has 0 bridgehead atoms. The molecule has 0 spiro atoms. The fraction of sp³-hybridized carbons (Fsp3) is 0.143. The summed E-state index contributed by atoms with van der Waals surface area (Å²) in [4.78, 5) is 20.4. The molecular weight excluding hydrogens is 306 g/mol. The zero-order valence-electron chi connectivity index (χ0n) is 11.9. The van der Waals surface area contributed by atoms with Gasteiger partial charge in [-0.15, -0.1) is 5.10 Å². The predicted octanol–water partition coefficient (Wildman–Crippen LogP) is 2.35. The zero-order chi connectivity index (χ0) is 15.7. The summed E-state index contributed by atoms with van der Waals surface area (Å²) < 4.78 is 6.57. The molecule has 0 aliphatic heterocycles. The molecule has 0 fully saturated rings. The van der Waals surface area contributed by atoms with Crippen LogP contribution < -0.4 is 10.1 Å². The van der Waals surface area contributed by atoms with Gasteiger partial charge in [0.2, 0.25) is 5.82 Å². The van der Waals surface area contributed by atoms with Crippen molar-refractivity contribution in [3.63, 3.8) is 0 Å². The summed E-state index contributed by atoms with van der Waals surface area (Å²) in [6.45, 7) is 1.86. The molecule has 1 aromatic carbocycles. The lowest BCUT2D eigenvalue weighted by Crippen LogP contribution is -2.14. The smallest absolute Gasteiger partial charge is 0.295 e. The van der Waals surface area contributed by atoms with Gasteiger partial charge in [-0.3, -0.25) is 4.79 Å². The molecule has 0 aliphatic carbocycles. The molecule has 2 aromatic heterocycles. The molecule has 1 amide bonds. The van der Waals surface area contributed by atoms with Gasteiger partial charge in [-0.1, -0.05) is 11.6 Å². The number of rotatable bonds is 3. The summed E-state index contributed by atoms with van der Waals surface area (Å²) in [6.07, 6.45) is 1.62. The van der Waals surface area contributed by atoms with E-state index in [1.807, 2.05) is 6.92 Å². The number of anilines is 1. The van der Waals surface area contributed by atoms with Gasteiger partial charge in [0.15, 0.2) is 0 Å². The molecule has 0 saturated heterocycles. The van der Waals surface area contributed by atoms with E-state index in [-0.39, 0.29) is 5.82 Å². The van der Waals surface area contributed by atoms with E-state index in [1.165, 1.54) is 11.6 Å². The molecule has 2 heterocycles. The number of hydrogen-bond acceptors (Lipinski definition) is 5. The van der Waals surface area contributed by atoms with Gasteiger partial charge in [0.25, 0.3) is 11.7 Å². The first kappa shape index (κ1) is 14.3. The maximum absolute atomic E-state index is 12.2. The molecule has 0 unspecified atom stereocenters. The minimum atomic E-state index is -0.439. The molecule has 3 rings (SSSR count). The van der Waals surface area contributed by atoms with Gasteiger partial charge in [0, 0.05) is 17.6 Å². The van der Waals surface area contributed by atoms with E-state index in [0.29, 0.717) is 22.2 Å². The van der Waals surface area contributed by atoms with Crippen molar-refractivity contribution >= 4 is 29.0 Å². The lowest BCUT2D eigenvalue weighted by atomic mass is 10.3.